The number of aromatic hydroxyl groups is 1. The monoisotopic (exact) mass is 274 g/mol. The molecule has 0 fully saturated rings. The Balaban J connectivity index is 3.59. The van der Waals surface area contributed by atoms with Gasteiger partial charge < -0.3 is 15.3 Å². The average molecular weight is 275 g/mol. The van der Waals surface area contributed by atoms with E-state index in [9.17, 15) is 14.7 Å². The summed E-state index contributed by atoms with van der Waals surface area (Å²) in [7, 11) is 0. The molecule has 1 aromatic carbocycles. The third-order valence-corrected chi connectivity index (χ3v) is 2.92. The van der Waals surface area contributed by atoms with Crippen molar-refractivity contribution in [3.8, 4) is 5.75 Å². The topological polar surface area (TPSA) is 94.8 Å². The van der Waals surface area contributed by atoms with Gasteiger partial charge >= 0.3 is 11.9 Å². The number of phenols is 1. The minimum absolute atomic E-state index is 0.0831. The van der Waals surface area contributed by atoms with Crippen molar-refractivity contribution in [2.24, 2.45) is 0 Å². The van der Waals surface area contributed by atoms with E-state index in [0.29, 0.717) is 0 Å². The molecule has 3 N–H and O–H groups in total. The number of rotatable bonds is 2. The Morgan fingerprint density at radius 2 is 1.67 bits per heavy atom. The normalized spacial score (nSPS) is 10.0. The third-order valence-electron chi connectivity index (χ3n) is 1.95. The molecule has 0 aliphatic carbocycles. The van der Waals surface area contributed by atoms with Gasteiger partial charge in [-0.05, 0) is 34.5 Å². The van der Waals surface area contributed by atoms with Gasteiger partial charge in [-0.2, -0.15) is 0 Å². The summed E-state index contributed by atoms with van der Waals surface area (Å²) in [5.74, 6) is -3.09. The molecule has 0 aliphatic rings. The molecule has 1 aromatic rings. The molecule has 80 valence electrons. The number of carboxylic acids is 2. The van der Waals surface area contributed by atoms with Gasteiger partial charge in [-0.1, -0.05) is 0 Å². The van der Waals surface area contributed by atoms with E-state index in [2.05, 4.69) is 15.9 Å². The fourth-order valence-electron chi connectivity index (χ4n) is 1.12. The van der Waals surface area contributed by atoms with Crippen molar-refractivity contribution in [1.29, 1.82) is 0 Å². The van der Waals surface area contributed by atoms with Crippen molar-refractivity contribution < 1.29 is 24.9 Å². The molecule has 15 heavy (non-hydrogen) atoms. The Bertz CT molecular complexity index is 414. The largest absolute Gasteiger partial charge is 0.506 e. The predicted molar refractivity (Wildman–Crippen MR) is 54.5 cm³/mol. The van der Waals surface area contributed by atoms with Crippen molar-refractivity contribution in [3.05, 3.63) is 27.2 Å². The lowest BCUT2D eigenvalue weighted by atomic mass is 10.0. The highest BCUT2D eigenvalue weighted by Gasteiger charge is 2.20. The first-order valence-electron chi connectivity index (χ1n) is 3.85. The van der Waals surface area contributed by atoms with E-state index in [1.54, 1.807) is 0 Å². The maximum Gasteiger partial charge on any atom is 0.339 e. The third kappa shape index (κ3) is 1.94. The predicted octanol–water partition coefficient (Wildman–Crippen LogP) is 1.86. The van der Waals surface area contributed by atoms with Crippen LogP contribution >= 0.6 is 15.9 Å². The zero-order valence-electron chi connectivity index (χ0n) is 7.61. The van der Waals surface area contributed by atoms with Gasteiger partial charge in [0, 0.05) is 0 Å². The van der Waals surface area contributed by atoms with Crippen LogP contribution in [0.25, 0.3) is 0 Å². The Hall–Kier alpha value is -1.56. The van der Waals surface area contributed by atoms with Crippen LogP contribution in [0.5, 0.6) is 5.75 Å². The van der Waals surface area contributed by atoms with Crippen LogP contribution in [-0.4, -0.2) is 27.3 Å². The number of hydrogen-bond donors (Lipinski definition) is 3. The molecule has 0 spiro atoms. The number of halogens is 1. The van der Waals surface area contributed by atoms with E-state index in [-0.39, 0.29) is 15.6 Å². The molecule has 0 saturated carbocycles. The summed E-state index contributed by atoms with van der Waals surface area (Å²) < 4.78 is 0.0831. The number of carboxylic acid groups (broad SMARTS) is 2. The van der Waals surface area contributed by atoms with Gasteiger partial charge in [0.25, 0.3) is 0 Å². The van der Waals surface area contributed by atoms with Gasteiger partial charge in [0.1, 0.15) is 11.3 Å². The Morgan fingerprint density at radius 1 is 1.20 bits per heavy atom. The highest BCUT2D eigenvalue weighted by atomic mass is 79.9. The van der Waals surface area contributed by atoms with Crippen LogP contribution in [0, 0.1) is 6.92 Å². The van der Waals surface area contributed by atoms with Crippen LogP contribution in [-0.2, 0) is 0 Å². The van der Waals surface area contributed by atoms with Crippen molar-refractivity contribution in [2.75, 3.05) is 0 Å². The molecule has 6 heteroatoms. The lowest BCUT2D eigenvalue weighted by Gasteiger charge is -2.08. The Morgan fingerprint density at radius 3 is 2.07 bits per heavy atom. The van der Waals surface area contributed by atoms with Crippen molar-refractivity contribution in [2.45, 2.75) is 6.92 Å². The molecule has 0 saturated heterocycles. The van der Waals surface area contributed by atoms with Crippen LogP contribution in [0.1, 0.15) is 26.3 Å². The van der Waals surface area contributed by atoms with Gasteiger partial charge in [-0.25, -0.2) is 9.59 Å². The molecular weight excluding hydrogens is 268 g/mol. The summed E-state index contributed by atoms with van der Waals surface area (Å²) in [6, 6.07) is 0.931. The SMILES string of the molecule is Cc1c(C(=O)O)cc(C(=O)O)c(O)c1Br. The first-order valence-corrected chi connectivity index (χ1v) is 4.64. The summed E-state index contributed by atoms with van der Waals surface area (Å²) in [5, 5.41) is 26.9. The lowest BCUT2D eigenvalue weighted by Crippen LogP contribution is -2.06. The summed E-state index contributed by atoms with van der Waals surface area (Å²) in [4.78, 5) is 21.5. The molecule has 0 heterocycles. The van der Waals surface area contributed by atoms with E-state index in [1.165, 1.54) is 6.92 Å². The molecule has 5 nitrogen and oxygen atoms in total. The van der Waals surface area contributed by atoms with Gasteiger partial charge in [0.2, 0.25) is 0 Å². The summed E-state index contributed by atoms with van der Waals surface area (Å²) in [6.45, 7) is 1.47. The van der Waals surface area contributed by atoms with Crippen molar-refractivity contribution >= 4 is 27.9 Å². The van der Waals surface area contributed by atoms with E-state index < -0.39 is 23.3 Å². The fourth-order valence-corrected chi connectivity index (χ4v) is 1.55. The summed E-state index contributed by atoms with van der Waals surface area (Å²) in [5.41, 5.74) is -0.313. The number of carbonyl (C=O) groups is 2. The van der Waals surface area contributed by atoms with Crippen LogP contribution in [0.3, 0.4) is 0 Å². The molecule has 0 aliphatic heterocycles. The highest BCUT2D eigenvalue weighted by Crippen LogP contribution is 2.33. The van der Waals surface area contributed by atoms with E-state index in [1.807, 2.05) is 0 Å². The highest BCUT2D eigenvalue weighted by molar-refractivity contribution is 9.10. The number of hydrogen-bond acceptors (Lipinski definition) is 3. The van der Waals surface area contributed by atoms with Crippen LogP contribution < -0.4 is 0 Å². The van der Waals surface area contributed by atoms with Crippen LogP contribution in [0.2, 0.25) is 0 Å². The van der Waals surface area contributed by atoms with E-state index >= 15 is 0 Å². The van der Waals surface area contributed by atoms with Gasteiger partial charge in [0.05, 0.1) is 10.0 Å². The number of benzene rings is 1. The molecule has 0 unspecified atom stereocenters. The smallest absolute Gasteiger partial charge is 0.339 e. The van der Waals surface area contributed by atoms with Crippen LogP contribution in [0.15, 0.2) is 10.5 Å². The van der Waals surface area contributed by atoms with Gasteiger partial charge in [-0.15, -0.1) is 0 Å². The molecular formula is C9H7BrO5. The average Bonchev–Trinajstić information content (AvgIpc) is 2.13. The zero-order chi connectivity index (χ0) is 11.7. The summed E-state index contributed by atoms with van der Waals surface area (Å²) in [6.07, 6.45) is 0. The van der Waals surface area contributed by atoms with E-state index in [0.717, 1.165) is 6.07 Å². The zero-order valence-corrected chi connectivity index (χ0v) is 9.20. The maximum atomic E-state index is 10.8. The first-order chi connectivity index (χ1) is 6.86. The minimum atomic E-state index is -1.38. The molecule has 0 radical (unpaired) electrons. The Kier molecular flexibility index (Phi) is 2.99. The first kappa shape index (κ1) is 11.5. The molecule has 0 aromatic heterocycles. The van der Waals surface area contributed by atoms with Crippen molar-refractivity contribution in [1.82, 2.24) is 0 Å². The van der Waals surface area contributed by atoms with Crippen molar-refractivity contribution in [3.63, 3.8) is 0 Å². The standard InChI is InChI=1S/C9H7BrO5/c1-3-4(8(12)13)2-5(9(14)15)7(11)6(3)10/h2,11H,1H3,(H,12,13)(H,14,15). The summed E-state index contributed by atoms with van der Waals surface area (Å²) >= 11 is 2.94. The second kappa shape index (κ2) is 3.90. The minimum Gasteiger partial charge on any atom is -0.506 e. The molecule has 0 atom stereocenters. The number of aromatic carboxylic acids is 2. The van der Waals surface area contributed by atoms with Crippen LogP contribution in [0.4, 0.5) is 0 Å². The molecule has 0 amide bonds. The molecule has 0 bridgehead atoms. The maximum absolute atomic E-state index is 10.8. The quantitative estimate of drug-likeness (QED) is 0.765. The Labute approximate surface area is 93.1 Å². The van der Waals surface area contributed by atoms with Gasteiger partial charge in [0.15, 0.2) is 0 Å². The van der Waals surface area contributed by atoms with Gasteiger partial charge in [-0.3, -0.25) is 0 Å². The lowest BCUT2D eigenvalue weighted by molar-refractivity contribution is 0.0693. The fraction of sp³-hybridized carbons (Fsp3) is 0.111. The second-order valence-electron chi connectivity index (χ2n) is 2.87. The van der Waals surface area contributed by atoms with E-state index in [4.69, 9.17) is 10.2 Å². The molecule has 1 rings (SSSR count). The second-order valence-corrected chi connectivity index (χ2v) is 3.66.